The normalized spacial score (nSPS) is 14.6. The Hall–Kier alpha value is -3.00. The van der Waals surface area contributed by atoms with E-state index in [2.05, 4.69) is 33.7 Å². The highest BCUT2D eigenvalue weighted by atomic mass is 16.2. The molecule has 5 nitrogen and oxygen atoms in total. The van der Waals surface area contributed by atoms with Crippen molar-refractivity contribution in [3.63, 3.8) is 0 Å². The van der Waals surface area contributed by atoms with E-state index in [1.54, 1.807) is 24.3 Å². The molecule has 25 heavy (non-hydrogen) atoms. The zero-order valence-electron chi connectivity index (χ0n) is 14.3. The Morgan fingerprint density at radius 2 is 1.84 bits per heavy atom. The van der Waals surface area contributed by atoms with Crippen LogP contribution in [0.2, 0.25) is 0 Å². The minimum absolute atomic E-state index is 0.140. The van der Waals surface area contributed by atoms with Crippen LogP contribution in [0.5, 0.6) is 0 Å². The standard InChI is InChI=1S/C20H22N4O/c1-15(20(25)23-18-6-4-5-16(13-18)14-21)22-17-7-9-19(10-8-17)24-11-2-3-12-24/h4-10,13,15,22H,2-3,11-12H2,1H3,(H,23,25)/t15-/m0/s1. The molecule has 1 amide bonds. The summed E-state index contributed by atoms with van der Waals surface area (Å²) in [4.78, 5) is 14.7. The molecule has 128 valence electrons. The number of rotatable bonds is 5. The highest BCUT2D eigenvalue weighted by Crippen LogP contribution is 2.22. The van der Waals surface area contributed by atoms with Crippen LogP contribution in [0.4, 0.5) is 17.1 Å². The predicted octanol–water partition coefficient (Wildman–Crippen LogP) is 3.60. The van der Waals surface area contributed by atoms with Crippen molar-refractivity contribution in [2.75, 3.05) is 28.6 Å². The van der Waals surface area contributed by atoms with Gasteiger partial charge in [-0.2, -0.15) is 5.26 Å². The van der Waals surface area contributed by atoms with Crippen molar-refractivity contribution in [3.8, 4) is 6.07 Å². The van der Waals surface area contributed by atoms with Gasteiger partial charge in [0.15, 0.2) is 0 Å². The molecule has 0 unspecified atom stereocenters. The first kappa shape index (κ1) is 16.8. The minimum Gasteiger partial charge on any atom is -0.374 e. The fourth-order valence-electron chi connectivity index (χ4n) is 2.98. The van der Waals surface area contributed by atoms with E-state index in [1.807, 2.05) is 19.1 Å². The van der Waals surface area contributed by atoms with E-state index >= 15 is 0 Å². The molecule has 0 bridgehead atoms. The van der Waals surface area contributed by atoms with Crippen molar-refractivity contribution >= 4 is 23.0 Å². The lowest BCUT2D eigenvalue weighted by molar-refractivity contribution is -0.116. The number of benzene rings is 2. The maximum absolute atomic E-state index is 12.3. The van der Waals surface area contributed by atoms with Crippen LogP contribution in [0.1, 0.15) is 25.3 Å². The smallest absolute Gasteiger partial charge is 0.246 e. The van der Waals surface area contributed by atoms with Gasteiger partial charge in [0, 0.05) is 30.2 Å². The average Bonchev–Trinajstić information content (AvgIpc) is 3.17. The first-order valence-electron chi connectivity index (χ1n) is 8.58. The second-order valence-electron chi connectivity index (χ2n) is 6.29. The Balaban J connectivity index is 1.58. The van der Waals surface area contributed by atoms with E-state index in [0.29, 0.717) is 11.3 Å². The highest BCUT2D eigenvalue weighted by molar-refractivity contribution is 5.96. The van der Waals surface area contributed by atoms with Gasteiger partial charge in [-0.15, -0.1) is 0 Å². The zero-order chi connectivity index (χ0) is 17.6. The molecule has 0 radical (unpaired) electrons. The molecule has 1 aliphatic rings. The van der Waals surface area contributed by atoms with Gasteiger partial charge in [-0.1, -0.05) is 6.07 Å². The largest absolute Gasteiger partial charge is 0.374 e. The van der Waals surface area contributed by atoms with Crippen LogP contribution in [0.3, 0.4) is 0 Å². The van der Waals surface area contributed by atoms with Gasteiger partial charge in [0.25, 0.3) is 0 Å². The summed E-state index contributed by atoms with van der Waals surface area (Å²) in [5.74, 6) is -0.140. The SMILES string of the molecule is C[C@H](Nc1ccc(N2CCCC2)cc1)C(=O)Nc1cccc(C#N)c1. The van der Waals surface area contributed by atoms with Crippen molar-refractivity contribution in [3.05, 3.63) is 54.1 Å². The molecule has 1 fully saturated rings. The number of carbonyl (C=O) groups excluding carboxylic acids is 1. The molecular formula is C20H22N4O. The fraction of sp³-hybridized carbons (Fsp3) is 0.300. The third-order valence-electron chi connectivity index (χ3n) is 4.37. The average molecular weight is 334 g/mol. The van der Waals surface area contributed by atoms with Crippen molar-refractivity contribution < 1.29 is 4.79 Å². The fourth-order valence-corrected chi connectivity index (χ4v) is 2.98. The second-order valence-corrected chi connectivity index (χ2v) is 6.29. The van der Waals surface area contributed by atoms with E-state index in [4.69, 9.17) is 5.26 Å². The number of nitrogens with one attached hydrogen (secondary N) is 2. The van der Waals surface area contributed by atoms with E-state index in [9.17, 15) is 4.79 Å². The number of hydrogen-bond acceptors (Lipinski definition) is 4. The van der Waals surface area contributed by atoms with Gasteiger partial charge in [0.05, 0.1) is 11.6 Å². The Bertz CT molecular complexity index is 773. The van der Waals surface area contributed by atoms with Crippen molar-refractivity contribution in [1.82, 2.24) is 0 Å². The van der Waals surface area contributed by atoms with Crippen molar-refractivity contribution in [2.24, 2.45) is 0 Å². The van der Waals surface area contributed by atoms with Gasteiger partial charge in [0.2, 0.25) is 5.91 Å². The lowest BCUT2D eigenvalue weighted by Gasteiger charge is -2.19. The van der Waals surface area contributed by atoms with Gasteiger partial charge < -0.3 is 15.5 Å². The molecule has 1 atom stereocenters. The summed E-state index contributed by atoms with van der Waals surface area (Å²) in [6.45, 7) is 4.05. The van der Waals surface area contributed by atoms with Crippen molar-refractivity contribution in [2.45, 2.75) is 25.8 Å². The van der Waals surface area contributed by atoms with Gasteiger partial charge >= 0.3 is 0 Å². The molecule has 1 heterocycles. The van der Waals surface area contributed by atoms with Crippen LogP contribution < -0.4 is 15.5 Å². The summed E-state index contributed by atoms with van der Waals surface area (Å²) >= 11 is 0. The quantitative estimate of drug-likeness (QED) is 0.877. The number of hydrogen-bond donors (Lipinski definition) is 2. The highest BCUT2D eigenvalue weighted by Gasteiger charge is 2.14. The Morgan fingerprint density at radius 3 is 2.52 bits per heavy atom. The van der Waals surface area contributed by atoms with E-state index in [1.165, 1.54) is 18.5 Å². The molecule has 1 aliphatic heterocycles. The maximum Gasteiger partial charge on any atom is 0.246 e. The number of carbonyl (C=O) groups is 1. The molecule has 1 saturated heterocycles. The first-order valence-corrected chi connectivity index (χ1v) is 8.58. The van der Waals surface area contributed by atoms with Gasteiger partial charge in [-0.3, -0.25) is 4.79 Å². The molecule has 5 heteroatoms. The van der Waals surface area contributed by atoms with Gasteiger partial charge in [-0.05, 0) is 62.2 Å². The van der Waals surface area contributed by atoms with E-state index in [0.717, 1.165) is 18.8 Å². The molecule has 3 rings (SSSR count). The number of anilines is 3. The zero-order valence-corrected chi connectivity index (χ0v) is 14.3. The summed E-state index contributed by atoms with van der Waals surface area (Å²) in [7, 11) is 0. The molecule has 2 N–H and O–H groups in total. The minimum atomic E-state index is -0.386. The molecular weight excluding hydrogens is 312 g/mol. The van der Waals surface area contributed by atoms with E-state index < -0.39 is 0 Å². The maximum atomic E-state index is 12.3. The number of nitriles is 1. The van der Waals surface area contributed by atoms with Crippen molar-refractivity contribution in [1.29, 1.82) is 5.26 Å². The molecule has 2 aromatic rings. The van der Waals surface area contributed by atoms with Crippen LogP contribution in [0.15, 0.2) is 48.5 Å². The number of amides is 1. The molecule has 0 saturated carbocycles. The van der Waals surface area contributed by atoms with Crippen LogP contribution in [-0.4, -0.2) is 25.0 Å². The van der Waals surface area contributed by atoms with Crippen LogP contribution in [-0.2, 0) is 4.79 Å². The van der Waals surface area contributed by atoms with Crippen LogP contribution in [0, 0.1) is 11.3 Å². The summed E-state index contributed by atoms with van der Waals surface area (Å²) in [5, 5.41) is 15.0. The molecule has 0 spiro atoms. The third kappa shape index (κ3) is 4.30. The first-order chi connectivity index (χ1) is 12.2. The lowest BCUT2D eigenvalue weighted by atomic mass is 10.2. The van der Waals surface area contributed by atoms with Crippen LogP contribution in [0.25, 0.3) is 0 Å². The molecule has 2 aromatic carbocycles. The summed E-state index contributed by atoms with van der Waals surface area (Å²) in [6, 6.07) is 16.8. The topological polar surface area (TPSA) is 68.2 Å². The second kappa shape index (κ2) is 7.71. The molecule has 0 aliphatic carbocycles. The van der Waals surface area contributed by atoms with Gasteiger partial charge in [0.1, 0.15) is 6.04 Å². The lowest BCUT2D eigenvalue weighted by Crippen LogP contribution is -2.31. The summed E-state index contributed by atoms with van der Waals surface area (Å²) < 4.78 is 0. The Morgan fingerprint density at radius 1 is 1.12 bits per heavy atom. The molecule has 0 aromatic heterocycles. The monoisotopic (exact) mass is 334 g/mol. The third-order valence-corrected chi connectivity index (χ3v) is 4.37. The van der Waals surface area contributed by atoms with Crippen LogP contribution >= 0.6 is 0 Å². The van der Waals surface area contributed by atoms with Gasteiger partial charge in [-0.25, -0.2) is 0 Å². The number of nitrogens with zero attached hydrogens (tertiary/aromatic N) is 2. The Kier molecular flexibility index (Phi) is 5.20. The summed E-state index contributed by atoms with van der Waals surface area (Å²) in [6.07, 6.45) is 2.51. The van der Waals surface area contributed by atoms with E-state index in [-0.39, 0.29) is 11.9 Å². The Labute approximate surface area is 148 Å². The summed E-state index contributed by atoms with van der Waals surface area (Å²) in [5.41, 5.74) is 3.29. The predicted molar refractivity (Wildman–Crippen MR) is 101 cm³/mol.